The Kier molecular flexibility index (Phi) is 8.66. The molecule has 9 heteroatoms. The van der Waals surface area contributed by atoms with E-state index in [0.717, 1.165) is 0 Å². The number of hydrogen-bond acceptors (Lipinski definition) is 8. The average molecular weight is 344 g/mol. The summed E-state index contributed by atoms with van der Waals surface area (Å²) in [6, 6.07) is 5.20. The Labute approximate surface area is 140 Å². The first-order valence-corrected chi connectivity index (χ1v) is 7.54. The molecule has 0 aromatic heterocycles. The molecule has 136 valence electrons. The van der Waals surface area contributed by atoms with Gasteiger partial charge in [0.25, 0.3) is 5.09 Å². The monoisotopic (exact) mass is 344 g/mol. The molecule has 1 atom stereocenters. The minimum atomic E-state index is -0.882. The quantitative estimate of drug-likeness (QED) is 0.328. The van der Waals surface area contributed by atoms with Crippen LogP contribution in [0.1, 0.15) is 13.8 Å². The van der Waals surface area contributed by atoms with Crippen LogP contribution in [0.4, 0.5) is 0 Å². The van der Waals surface area contributed by atoms with Crippen LogP contribution in [0.3, 0.4) is 0 Å². The summed E-state index contributed by atoms with van der Waals surface area (Å²) >= 11 is 0. The molecule has 0 saturated heterocycles. The van der Waals surface area contributed by atoms with Crippen LogP contribution >= 0.6 is 0 Å². The van der Waals surface area contributed by atoms with Gasteiger partial charge in [0.1, 0.15) is 31.7 Å². The van der Waals surface area contributed by atoms with Gasteiger partial charge in [-0.05, 0) is 12.1 Å². The molecule has 0 aliphatic heterocycles. The third kappa shape index (κ3) is 7.84. The Morgan fingerprint density at radius 1 is 1.25 bits per heavy atom. The lowest BCUT2D eigenvalue weighted by Crippen LogP contribution is -2.35. The number of nitrogens with one attached hydrogen (secondary N) is 1. The summed E-state index contributed by atoms with van der Waals surface area (Å²) in [6.07, 6.45) is -0.646. The molecule has 0 saturated carbocycles. The maximum atomic E-state index is 10.1. The predicted octanol–water partition coefficient (Wildman–Crippen LogP) is 1.02. The molecule has 0 aliphatic carbocycles. The Hall–Kier alpha value is -2.26. The zero-order valence-electron chi connectivity index (χ0n) is 14.1. The number of ether oxygens (including phenoxy) is 3. The van der Waals surface area contributed by atoms with E-state index in [1.807, 2.05) is 13.8 Å². The second kappa shape index (κ2) is 10.5. The van der Waals surface area contributed by atoms with Gasteiger partial charge in [-0.1, -0.05) is 13.8 Å². The Bertz CT molecular complexity index is 511. The second-order valence-electron chi connectivity index (χ2n) is 5.25. The summed E-state index contributed by atoms with van der Waals surface area (Å²) in [6.45, 7) is 4.32. The molecule has 0 aliphatic rings. The normalized spacial score (nSPS) is 11.9. The lowest BCUT2D eigenvalue weighted by molar-refractivity contribution is -0.757. The van der Waals surface area contributed by atoms with Crippen molar-refractivity contribution in [3.63, 3.8) is 0 Å². The summed E-state index contributed by atoms with van der Waals surface area (Å²) in [4.78, 5) is 14.3. The molecule has 1 aromatic rings. The van der Waals surface area contributed by atoms with Crippen LogP contribution in [-0.4, -0.2) is 55.8 Å². The molecular weight excluding hydrogens is 320 g/mol. The molecule has 0 radical (unpaired) electrons. The zero-order chi connectivity index (χ0) is 17.9. The van der Waals surface area contributed by atoms with Gasteiger partial charge in [0, 0.05) is 18.7 Å². The highest BCUT2D eigenvalue weighted by Crippen LogP contribution is 2.31. The van der Waals surface area contributed by atoms with Gasteiger partial charge < -0.3 is 29.5 Å². The van der Waals surface area contributed by atoms with Crippen LogP contribution in [0.5, 0.6) is 17.2 Å². The summed E-state index contributed by atoms with van der Waals surface area (Å²) in [5, 5.41) is 22.1. The van der Waals surface area contributed by atoms with Crippen LogP contribution in [0, 0.1) is 10.1 Å². The van der Waals surface area contributed by atoms with Crippen LogP contribution in [0.25, 0.3) is 0 Å². The van der Waals surface area contributed by atoms with Crippen molar-refractivity contribution in [3.8, 4) is 17.2 Å². The fourth-order valence-electron chi connectivity index (χ4n) is 1.75. The van der Waals surface area contributed by atoms with Gasteiger partial charge in [0.15, 0.2) is 11.5 Å². The number of rotatable bonds is 12. The summed E-state index contributed by atoms with van der Waals surface area (Å²) in [5.41, 5.74) is 0. The summed E-state index contributed by atoms with van der Waals surface area (Å²) in [7, 11) is 1.48. The number of hydrogen-bond donors (Lipinski definition) is 2. The van der Waals surface area contributed by atoms with Crippen molar-refractivity contribution < 1.29 is 29.2 Å². The van der Waals surface area contributed by atoms with Crippen molar-refractivity contribution in [2.75, 3.05) is 33.5 Å². The van der Waals surface area contributed by atoms with Crippen molar-refractivity contribution in [2.24, 2.45) is 0 Å². The molecule has 24 heavy (non-hydrogen) atoms. The van der Waals surface area contributed by atoms with Crippen molar-refractivity contribution in [1.82, 2.24) is 5.32 Å². The maximum Gasteiger partial charge on any atom is 0.294 e. The lowest BCUT2D eigenvalue weighted by Gasteiger charge is -2.16. The van der Waals surface area contributed by atoms with Gasteiger partial charge in [-0.25, -0.2) is 0 Å². The first kappa shape index (κ1) is 19.8. The second-order valence-corrected chi connectivity index (χ2v) is 5.25. The molecule has 1 aromatic carbocycles. The van der Waals surface area contributed by atoms with Crippen molar-refractivity contribution in [1.29, 1.82) is 0 Å². The molecule has 2 N–H and O–H groups in total. The van der Waals surface area contributed by atoms with E-state index in [1.165, 1.54) is 7.11 Å². The van der Waals surface area contributed by atoms with Crippen molar-refractivity contribution >= 4 is 0 Å². The first-order valence-electron chi connectivity index (χ1n) is 7.54. The van der Waals surface area contributed by atoms with E-state index in [-0.39, 0.29) is 25.9 Å². The van der Waals surface area contributed by atoms with Crippen LogP contribution in [0.15, 0.2) is 18.2 Å². The Morgan fingerprint density at radius 3 is 2.62 bits per heavy atom. The average Bonchev–Trinajstić information content (AvgIpc) is 2.54. The van der Waals surface area contributed by atoms with Gasteiger partial charge in [0.05, 0.1) is 7.11 Å². The number of aliphatic hydroxyl groups excluding tert-OH is 1. The molecule has 1 rings (SSSR count). The Balaban J connectivity index is 2.53. The van der Waals surface area contributed by atoms with E-state index < -0.39 is 11.2 Å². The van der Waals surface area contributed by atoms with E-state index >= 15 is 0 Å². The summed E-state index contributed by atoms with van der Waals surface area (Å²) < 4.78 is 16.1. The molecule has 0 fully saturated rings. The highest BCUT2D eigenvalue weighted by atomic mass is 17.0. The van der Waals surface area contributed by atoms with Gasteiger partial charge >= 0.3 is 0 Å². The van der Waals surface area contributed by atoms with E-state index in [0.29, 0.717) is 23.8 Å². The van der Waals surface area contributed by atoms with Gasteiger partial charge in [-0.2, -0.15) is 0 Å². The van der Waals surface area contributed by atoms with Gasteiger partial charge in [-0.3, -0.25) is 0 Å². The number of aliphatic hydroxyl groups is 1. The topological polar surface area (TPSA) is 112 Å². The molecule has 0 spiro atoms. The maximum absolute atomic E-state index is 10.1. The van der Waals surface area contributed by atoms with Crippen LogP contribution in [0.2, 0.25) is 0 Å². The highest BCUT2D eigenvalue weighted by Gasteiger charge is 2.10. The Morgan fingerprint density at radius 2 is 2.00 bits per heavy atom. The van der Waals surface area contributed by atoms with Crippen molar-refractivity contribution in [2.45, 2.75) is 26.0 Å². The first-order chi connectivity index (χ1) is 11.4. The SMILES string of the molecule is COc1ccc(OCC(O)CNC(C)C)cc1OCCO[N+](=O)[O-]. The zero-order valence-corrected chi connectivity index (χ0v) is 14.1. The van der Waals surface area contributed by atoms with Crippen LogP contribution < -0.4 is 19.5 Å². The molecule has 0 amide bonds. The molecule has 0 bridgehead atoms. The molecular formula is C15H24N2O7. The molecule has 0 heterocycles. The lowest BCUT2D eigenvalue weighted by atomic mass is 10.3. The van der Waals surface area contributed by atoms with E-state index in [1.54, 1.807) is 18.2 Å². The minimum absolute atomic E-state index is 0.0122. The van der Waals surface area contributed by atoms with E-state index in [2.05, 4.69) is 10.2 Å². The highest BCUT2D eigenvalue weighted by molar-refractivity contribution is 5.45. The molecule has 9 nitrogen and oxygen atoms in total. The van der Waals surface area contributed by atoms with Crippen molar-refractivity contribution in [3.05, 3.63) is 28.3 Å². The predicted molar refractivity (Wildman–Crippen MR) is 86.1 cm³/mol. The molecule has 1 unspecified atom stereocenters. The number of benzene rings is 1. The summed E-state index contributed by atoms with van der Waals surface area (Å²) in [5.74, 6) is 1.33. The third-order valence-electron chi connectivity index (χ3n) is 2.88. The smallest absolute Gasteiger partial charge is 0.294 e. The standard InChI is InChI=1S/C15H24N2O7/c1-11(2)16-9-12(18)10-23-13-4-5-14(21-3)15(8-13)22-6-7-24-17(19)20/h4-5,8,11-12,16,18H,6-7,9-10H2,1-3H3. The van der Waals surface area contributed by atoms with Crippen LogP contribution in [-0.2, 0) is 4.84 Å². The van der Waals surface area contributed by atoms with E-state index in [4.69, 9.17) is 14.2 Å². The van der Waals surface area contributed by atoms with E-state index in [9.17, 15) is 15.2 Å². The van der Waals surface area contributed by atoms with Gasteiger partial charge in [0.2, 0.25) is 0 Å². The fraction of sp³-hybridized carbons (Fsp3) is 0.600. The van der Waals surface area contributed by atoms with Gasteiger partial charge in [-0.15, -0.1) is 10.1 Å². The minimum Gasteiger partial charge on any atom is -0.493 e. The third-order valence-corrected chi connectivity index (χ3v) is 2.88. The number of nitrogens with zero attached hydrogens (tertiary/aromatic N) is 1. The fourth-order valence-corrected chi connectivity index (χ4v) is 1.75. The number of methoxy groups -OCH3 is 1. The largest absolute Gasteiger partial charge is 0.493 e.